The molecule has 0 bridgehead atoms. The molecule has 2 nitrogen and oxygen atoms in total. The van der Waals surface area contributed by atoms with E-state index < -0.39 is 0 Å². The Balaban J connectivity index is 2.01. The van der Waals surface area contributed by atoms with Crippen molar-refractivity contribution < 1.29 is 9.50 Å². The first-order valence-electron chi connectivity index (χ1n) is 5.91. The Labute approximate surface area is 95.7 Å². The number of nitrogens with zero attached hydrogens (tertiary/aromatic N) is 1. The SMILES string of the molecule is OCc1cccc(F)c1CCN1CCCC1. The molecule has 3 heteroatoms. The Morgan fingerprint density at radius 3 is 2.69 bits per heavy atom. The largest absolute Gasteiger partial charge is 0.392 e. The van der Waals surface area contributed by atoms with Crippen LogP contribution in [0.25, 0.3) is 0 Å². The summed E-state index contributed by atoms with van der Waals surface area (Å²) < 4.78 is 13.6. The smallest absolute Gasteiger partial charge is 0.126 e. The highest BCUT2D eigenvalue weighted by Gasteiger charge is 2.13. The Morgan fingerprint density at radius 2 is 2.00 bits per heavy atom. The zero-order chi connectivity index (χ0) is 11.4. The summed E-state index contributed by atoms with van der Waals surface area (Å²) in [6.07, 6.45) is 3.21. The molecule has 1 aromatic rings. The number of aliphatic hydroxyl groups is 1. The molecule has 1 saturated heterocycles. The lowest BCUT2D eigenvalue weighted by atomic mass is 10.0. The third kappa shape index (κ3) is 2.60. The molecule has 1 N–H and O–H groups in total. The normalized spacial score (nSPS) is 16.9. The lowest BCUT2D eigenvalue weighted by molar-refractivity contribution is 0.278. The Hall–Kier alpha value is -0.930. The zero-order valence-corrected chi connectivity index (χ0v) is 9.45. The molecule has 1 aromatic carbocycles. The van der Waals surface area contributed by atoms with Crippen molar-refractivity contribution >= 4 is 0 Å². The van der Waals surface area contributed by atoms with Crippen LogP contribution in [-0.4, -0.2) is 29.6 Å². The van der Waals surface area contributed by atoms with Gasteiger partial charge in [0.25, 0.3) is 0 Å². The third-order valence-corrected chi connectivity index (χ3v) is 3.26. The molecule has 0 saturated carbocycles. The molecule has 0 amide bonds. The van der Waals surface area contributed by atoms with Crippen LogP contribution in [0.15, 0.2) is 18.2 Å². The van der Waals surface area contributed by atoms with E-state index in [1.807, 2.05) is 0 Å². The number of hydrogen-bond acceptors (Lipinski definition) is 2. The first-order valence-corrected chi connectivity index (χ1v) is 5.91. The zero-order valence-electron chi connectivity index (χ0n) is 9.45. The van der Waals surface area contributed by atoms with Crippen LogP contribution in [0.3, 0.4) is 0 Å². The summed E-state index contributed by atoms with van der Waals surface area (Å²) >= 11 is 0. The van der Waals surface area contributed by atoms with Gasteiger partial charge in [-0.2, -0.15) is 0 Å². The van der Waals surface area contributed by atoms with E-state index >= 15 is 0 Å². The molecular weight excluding hydrogens is 205 g/mol. The quantitative estimate of drug-likeness (QED) is 0.843. The van der Waals surface area contributed by atoms with Gasteiger partial charge in [-0.25, -0.2) is 4.39 Å². The standard InChI is InChI=1S/C13H18FNO/c14-13-5-3-4-11(10-16)12(13)6-9-15-7-1-2-8-15/h3-5,16H,1-2,6-10H2. The van der Waals surface area contributed by atoms with Crippen LogP contribution in [0.2, 0.25) is 0 Å². The average molecular weight is 223 g/mol. The van der Waals surface area contributed by atoms with Crippen LogP contribution in [0.4, 0.5) is 4.39 Å². The van der Waals surface area contributed by atoms with Crippen molar-refractivity contribution in [2.45, 2.75) is 25.9 Å². The second kappa shape index (κ2) is 5.41. The van der Waals surface area contributed by atoms with Crippen LogP contribution in [0.5, 0.6) is 0 Å². The number of aliphatic hydroxyl groups excluding tert-OH is 1. The predicted molar refractivity (Wildman–Crippen MR) is 61.7 cm³/mol. The molecule has 1 fully saturated rings. The second-order valence-electron chi connectivity index (χ2n) is 4.33. The maximum Gasteiger partial charge on any atom is 0.126 e. The van der Waals surface area contributed by atoms with Crippen molar-refractivity contribution in [2.75, 3.05) is 19.6 Å². The summed E-state index contributed by atoms with van der Waals surface area (Å²) in [6, 6.07) is 4.92. The van der Waals surface area contributed by atoms with E-state index in [4.69, 9.17) is 5.11 Å². The van der Waals surface area contributed by atoms with E-state index in [0.717, 1.165) is 25.2 Å². The average Bonchev–Trinajstić information content (AvgIpc) is 2.80. The first kappa shape index (κ1) is 11.6. The molecule has 1 aliphatic heterocycles. The predicted octanol–water partition coefficient (Wildman–Crippen LogP) is 1.96. The summed E-state index contributed by atoms with van der Waals surface area (Å²) in [4.78, 5) is 2.35. The fraction of sp³-hybridized carbons (Fsp3) is 0.538. The molecule has 1 aliphatic rings. The van der Waals surface area contributed by atoms with E-state index in [-0.39, 0.29) is 12.4 Å². The van der Waals surface area contributed by atoms with Gasteiger partial charge in [0.05, 0.1) is 6.61 Å². The van der Waals surface area contributed by atoms with Crippen molar-refractivity contribution in [3.05, 3.63) is 35.1 Å². The first-order chi connectivity index (χ1) is 7.81. The van der Waals surface area contributed by atoms with E-state index in [1.165, 1.54) is 18.9 Å². The summed E-state index contributed by atoms with van der Waals surface area (Å²) in [7, 11) is 0. The van der Waals surface area contributed by atoms with E-state index in [0.29, 0.717) is 12.0 Å². The summed E-state index contributed by atoms with van der Waals surface area (Å²) in [5.74, 6) is -0.189. The number of rotatable bonds is 4. The monoisotopic (exact) mass is 223 g/mol. The number of benzene rings is 1. The fourth-order valence-electron chi connectivity index (χ4n) is 2.31. The van der Waals surface area contributed by atoms with Gasteiger partial charge >= 0.3 is 0 Å². The number of hydrogen-bond donors (Lipinski definition) is 1. The number of halogens is 1. The Morgan fingerprint density at radius 1 is 1.25 bits per heavy atom. The minimum absolute atomic E-state index is 0.0763. The molecule has 0 unspecified atom stereocenters. The van der Waals surface area contributed by atoms with Crippen LogP contribution < -0.4 is 0 Å². The topological polar surface area (TPSA) is 23.5 Å². The molecule has 16 heavy (non-hydrogen) atoms. The van der Waals surface area contributed by atoms with Crippen molar-refractivity contribution in [1.29, 1.82) is 0 Å². The van der Waals surface area contributed by atoms with Gasteiger partial charge in [0, 0.05) is 6.54 Å². The maximum absolute atomic E-state index is 13.6. The molecule has 0 spiro atoms. The van der Waals surface area contributed by atoms with Crippen LogP contribution in [0, 0.1) is 5.82 Å². The van der Waals surface area contributed by atoms with Crippen LogP contribution >= 0.6 is 0 Å². The fourth-order valence-corrected chi connectivity index (χ4v) is 2.31. The molecule has 2 rings (SSSR count). The van der Waals surface area contributed by atoms with Gasteiger partial charge in [0.1, 0.15) is 5.82 Å². The Bertz CT molecular complexity index is 348. The highest BCUT2D eigenvalue weighted by atomic mass is 19.1. The van der Waals surface area contributed by atoms with Crippen molar-refractivity contribution in [1.82, 2.24) is 4.90 Å². The van der Waals surface area contributed by atoms with Gasteiger partial charge in [0.15, 0.2) is 0 Å². The highest BCUT2D eigenvalue weighted by molar-refractivity contribution is 5.28. The van der Waals surface area contributed by atoms with E-state index in [2.05, 4.69) is 4.90 Å². The van der Waals surface area contributed by atoms with Gasteiger partial charge in [-0.1, -0.05) is 12.1 Å². The third-order valence-electron chi connectivity index (χ3n) is 3.26. The molecule has 0 atom stereocenters. The van der Waals surface area contributed by atoms with Crippen LogP contribution in [0.1, 0.15) is 24.0 Å². The second-order valence-corrected chi connectivity index (χ2v) is 4.33. The van der Waals surface area contributed by atoms with Gasteiger partial charge < -0.3 is 10.0 Å². The van der Waals surface area contributed by atoms with Crippen molar-refractivity contribution in [3.63, 3.8) is 0 Å². The summed E-state index contributed by atoms with van der Waals surface area (Å²) in [5.41, 5.74) is 1.40. The highest BCUT2D eigenvalue weighted by Crippen LogP contribution is 2.16. The van der Waals surface area contributed by atoms with Crippen molar-refractivity contribution in [2.24, 2.45) is 0 Å². The van der Waals surface area contributed by atoms with E-state index in [1.54, 1.807) is 12.1 Å². The molecule has 1 heterocycles. The van der Waals surface area contributed by atoms with Gasteiger partial charge in [-0.15, -0.1) is 0 Å². The minimum Gasteiger partial charge on any atom is -0.392 e. The summed E-state index contributed by atoms with van der Waals surface area (Å²) in [6.45, 7) is 3.08. The molecule has 88 valence electrons. The summed E-state index contributed by atoms with van der Waals surface area (Å²) in [5, 5.41) is 9.15. The van der Waals surface area contributed by atoms with Gasteiger partial charge in [-0.3, -0.25) is 0 Å². The van der Waals surface area contributed by atoms with Gasteiger partial charge in [0.2, 0.25) is 0 Å². The lowest BCUT2D eigenvalue weighted by Crippen LogP contribution is -2.22. The minimum atomic E-state index is -0.189. The Kier molecular flexibility index (Phi) is 3.91. The number of likely N-dealkylation sites (tertiary alicyclic amines) is 1. The molecule has 0 aromatic heterocycles. The molecular formula is C13H18FNO. The maximum atomic E-state index is 13.6. The molecule has 0 aliphatic carbocycles. The van der Waals surface area contributed by atoms with Gasteiger partial charge in [-0.05, 0) is 49.5 Å². The van der Waals surface area contributed by atoms with E-state index in [9.17, 15) is 4.39 Å². The molecule has 0 radical (unpaired) electrons. The van der Waals surface area contributed by atoms with Crippen molar-refractivity contribution in [3.8, 4) is 0 Å². The lowest BCUT2D eigenvalue weighted by Gasteiger charge is -2.16. The van der Waals surface area contributed by atoms with Crippen LogP contribution in [-0.2, 0) is 13.0 Å².